The molecule has 0 atom stereocenters. The number of rotatable bonds is 6. The third-order valence-corrected chi connectivity index (χ3v) is 5.94. The number of halogens is 2. The number of nitrogens with zero attached hydrogens (tertiary/aromatic N) is 1. The first-order valence-electron chi connectivity index (χ1n) is 9.39. The molecule has 0 saturated carbocycles. The molecule has 3 aromatic rings. The Bertz CT molecular complexity index is 1180. The van der Waals surface area contributed by atoms with Gasteiger partial charge >= 0.3 is 0 Å². The molecule has 0 spiro atoms. The number of carbonyl (C=O) groups is 2. The summed E-state index contributed by atoms with van der Waals surface area (Å²) in [5.41, 5.74) is 1.20. The van der Waals surface area contributed by atoms with Gasteiger partial charge in [0, 0.05) is 11.8 Å². The Morgan fingerprint density at radius 1 is 0.903 bits per heavy atom. The van der Waals surface area contributed by atoms with Crippen LogP contribution in [0.15, 0.2) is 77.7 Å². The third kappa shape index (κ3) is 4.09. The fourth-order valence-electron chi connectivity index (χ4n) is 3.26. The molecule has 7 heteroatoms. The predicted molar refractivity (Wildman–Crippen MR) is 117 cm³/mol. The van der Waals surface area contributed by atoms with Crippen molar-refractivity contribution in [3.05, 3.63) is 100 Å². The number of carbonyl (C=O) groups excluding carboxylic acids is 2. The van der Waals surface area contributed by atoms with Gasteiger partial charge in [0.1, 0.15) is 17.4 Å². The lowest BCUT2D eigenvalue weighted by molar-refractivity contribution is -0.119. The minimum Gasteiger partial charge on any atom is -0.497 e. The molecule has 0 N–H and O–H groups in total. The van der Waals surface area contributed by atoms with Crippen molar-refractivity contribution < 1.29 is 23.1 Å². The van der Waals surface area contributed by atoms with E-state index in [0.29, 0.717) is 22.0 Å². The molecule has 0 aliphatic carbocycles. The van der Waals surface area contributed by atoms with Crippen LogP contribution in [0, 0.1) is 11.6 Å². The minimum atomic E-state index is -0.855. The second-order valence-corrected chi connectivity index (χ2v) is 7.73. The Kier molecular flexibility index (Phi) is 5.86. The molecule has 0 unspecified atom stereocenters. The van der Waals surface area contributed by atoms with Crippen LogP contribution in [0.25, 0.3) is 5.57 Å². The number of ether oxygens (including phenoxy) is 1. The summed E-state index contributed by atoms with van der Waals surface area (Å²) >= 11 is 1.19. The van der Waals surface area contributed by atoms with Gasteiger partial charge in [-0.2, -0.15) is 0 Å². The molecule has 3 aromatic carbocycles. The molecule has 0 saturated heterocycles. The number of imide groups is 1. The van der Waals surface area contributed by atoms with Gasteiger partial charge in [0.05, 0.1) is 23.3 Å². The normalized spacial score (nSPS) is 13.8. The highest BCUT2D eigenvalue weighted by Crippen LogP contribution is 2.40. The van der Waals surface area contributed by atoms with Gasteiger partial charge in [-0.1, -0.05) is 42.5 Å². The fraction of sp³-hybridized carbons (Fsp3) is 0.0833. The summed E-state index contributed by atoms with van der Waals surface area (Å²) in [6.45, 7) is 0. The van der Waals surface area contributed by atoms with E-state index in [1.54, 1.807) is 24.3 Å². The largest absolute Gasteiger partial charge is 0.497 e. The van der Waals surface area contributed by atoms with E-state index >= 15 is 0 Å². The van der Waals surface area contributed by atoms with E-state index in [1.165, 1.54) is 18.9 Å². The number of anilines is 1. The monoisotopic (exact) mass is 437 g/mol. The van der Waals surface area contributed by atoms with Crippen LogP contribution < -0.4 is 9.64 Å². The van der Waals surface area contributed by atoms with Gasteiger partial charge < -0.3 is 4.74 Å². The van der Waals surface area contributed by atoms with Gasteiger partial charge in [-0.3, -0.25) is 9.59 Å². The number of benzene rings is 3. The zero-order valence-corrected chi connectivity index (χ0v) is 17.3. The lowest BCUT2D eigenvalue weighted by Gasteiger charge is -2.16. The molecule has 0 aromatic heterocycles. The first kappa shape index (κ1) is 20.8. The van der Waals surface area contributed by atoms with Crippen molar-refractivity contribution >= 4 is 34.8 Å². The van der Waals surface area contributed by atoms with Gasteiger partial charge in [0.25, 0.3) is 11.8 Å². The van der Waals surface area contributed by atoms with E-state index in [0.717, 1.165) is 23.8 Å². The van der Waals surface area contributed by atoms with Crippen LogP contribution in [0.3, 0.4) is 0 Å². The Balaban J connectivity index is 1.77. The lowest BCUT2D eigenvalue weighted by Crippen LogP contribution is -2.32. The van der Waals surface area contributed by atoms with Gasteiger partial charge in [0.15, 0.2) is 0 Å². The molecule has 2 amide bonds. The van der Waals surface area contributed by atoms with Crippen LogP contribution in [0.1, 0.15) is 11.1 Å². The van der Waals surface area contributed by atoms with E-state index in [2.05, 4.69) is 0 Å². The van der Waals surface area contributed by atoms with Gasteiger partial charge in [-0.25, -0.2) is 13.7 Å². The van der Waals surface area contributed by atoms with E-state index in [1.807, 2.05) is 30.3 Å². The highest BCUT2D eigenvalue weighted by Gasteiger charge is 2.41. The summed E-state index contributed by atoms with van der Waals surface area (Å²) in [5.74, 6) is -1.95. The van der Waals surface area contributed by atoms with Crippen LogP contribution in [0.2, 0.25) is 0 Å². The molecule has 4 nitrogen and oxygen atoms in total. The molecule has 4 rings (SSSR count). The Hall–Kier alpha value is -3.45. The molecule has 0 radical (unpaired) electrons. The van der Waals surface area contributed by atoms with E-state index in [-0.39, 0.29) is 10.5 Å². The average Bonchev–Trinajstić information content (AvgIpc) is 3.04. The van der Waals surface area contributed by atoms with Crippen molar-refractivity contribution in [2.24, 2.45) is 0 Å². The Labute approximate surface area is 182 Å². The first-order chi connectivity index (χ1) is 15.0. The SMILES string of the molecule is COc1ccc(C2=C(SCc3ccccc3)C(=O)N(c3cc(F)ccc3F)C2=O)cc1. The van der Waals surface area contributed by atoms with Crippen molar-refractivity contribution in [3.63, 3.8) is 0 Å². The van der Waals surface area contributed by atoms with Crippen molar-refractivity contribution in [1.82, 2.24) is 0 Å². The lowest BCUT2D eigenvalue weighted by atomic mass is 10.1. The average molecular weight is 437 g/mol. The van der Waals surface area contributed by atoms with E-state index < -0.39 is 29.1 Å². The molecular weight excluding hydrogens is 420 g/mol. The molecule has 31 heavy (non-hydrogen) atoms. The Morgan fingerprint density at radius 2 is 1.61 bits per heavy atom. The van der Waals surface area contributed by atoms with Gasteiger partial charge in [0.2, 0.25) is 0 Å². The number of thioether (sulfide) groups is 1. The van der Waals surface area contributed by atoms with Gasteiger partial charge in [-0.05, 0) is 35.4 Å². The quantitative estimate of drug-likeness (QED) is 0.498. The Morgan fingerprint density at radius 3 is 2.29 bits per heavy atom. The number of hydrogen-bond acceptors (Lipinski definition) is 4. The zero-order valence-electron chi connectivity index (χ0n) is 16.5. The molecule has 1 aliphatic heterocycles. The van der Waals surface area contributed by atoms with Crippen LogP contribution in [0.4, 0.5) is 14.5 Å². The summed E-state index contributed by atoms with van der Waals surface area (Å²) < 4.78 is 33.4. The molecular formula is C24H17F2NO3S. The standard InChI is InChI=1S/C24H17F2NO3S/c1-30-18-10-7-16(8-11-18)21-22(31-14-15-5-3-2-4-6-15)24(29)27(23(21)28)20-13-17(25)9-12-19(20)26/h2-13H,14H2,1H3. The summed E-state index contributed by atoms with van der Waals surface area (Å²) in [7, 11) is 1.52. The number of amides is 2. The highest BCUT2D eigenvalue weighted by molar-refractivity contribution is 8.03. The van der Waals surface area contributed by atoms with Gasteiger partial charge in [-0.15, -0.1) is 11.8 Å². The zero-order chi connectivity index (χ0) is 22.0. The molecule has 0 bridgehead atoms. The number of hydrogen-bond donors (Lipinski definition) is 0. The third-order valence-electron chi connectivity index (χ3n) is 4.80. The van der Waals surface area contributed by atoms with Crippen LogP contribution in [-0.4, -0.2) is 18.9 Å². The summed E-state index contributed by atoms with van der Waals surface area (Å²) in [6, 6.07) is 18.8. The summed E-state index contributed by atoms with van der Waals surface area (Å²) in [6.07, 6.45) is 0. The summed E-state index contributed by atoms with van der Waals surface area (Å²) in [5, 5.41) is 0. The second kappa shape index (κ2) is 8.73. The summed E-state index contributed by atoms with van der Waals surface area (Å²) in [4.78, 5) is 27.4. The maximum Gasteiger partial charge on any atom is 0.272 e. The van der Waals surface area contributed by atoms with Crippen molar-refractivity contribution in [2.75, 3.05) is 12.0 Å². The highest BCUT2D eigenvalue weighted by atomic mass is 32.2. The molecule has 1 aliphatic rings. The molecule has 1 heterocycles. The minimum absolute atomic E-state index is 0.150. The maximum atomic E-state index is 14.4. The van der Waals surface area contributed by atoms with Crippen LogP contribution in [-0.2, 0) is 15.3 Å². The van der Waals surface area contributed by atoms with Crippen molar-refractivity contribution in [2.45, 2.75) is 5.75 Å². The smallest absolute Gasteiger partial charge is 0.272 e. The molecule has 0 fully saturated rings. The predicted octanol–water partition coefficient (Wildman–Crippen LogP) is 5.19. The molecule has 156 valence electrons. The maximum absolute atomic E-state index is 14.4. The van der Waals surface area contributed by atoms with Crippen LogP contribution in [0.5, 0.6) is 5.75 Å². The first-order valence-corrected chi connectivity index (χ1v) is 10.4. The van der Waals surface area contributed by atoms with E-state index in [9.17, 15) is 18.4 Å². The van der Waals surface area contributed by atoms with Crippen LogP contribution >= 0.6 is 11.8 Å². The number of methoxy groups -OCH3 is 1. The fourth-order valence-corrected chi connectivity index (χ4v) is 4.33. The van der Waals surface area contributed by atoms with Crippen molar-refractivity contribution in [1.29, 1.82) is 0 Å². The van der Waals surface area contributed by atoms with Crippen molar-refractivity contribution in [3.8, 4) is 5.75 Å². The topological polar surface area (TPSA) is 46.6 Å². The van der Waals surface area contributed by atoms with E-state index in [4.69, 9.17) is 4.74 Å². The second-order valence-electron chi connectivity index (χ2n) is 6.75.